The van der Waals surface area contributed by atoms with Gasteiger partial charge in [-0.05, 0) is 19.8 Å². The summed E-state index contributed by atoms with van der Waals surface area (Å²) in [5.74, 6) is -2.35. The Hall–Kier alpha value is -0.710. The van der Waals surface area contributed by atoms with Crippen LogP contribution < -0.4 is 0 Å². The van der Waals surface area contributed by atoms with Gasteiger partial charge in [-0.25, -0.2) is 4.79 Å². The van der Waals surface area contributed by atoms with Gasteiger partial charge >= 0.3 is 55.6 Å². The number of rotatable bonds is 11. The van der Waals surface area contributed by atoms with E-state index in [-0.39, 0.29) is 62.8 Å². The van der Waals surface area contributed by atoms with Gasteiger partial charge in [-0.3, -0.25) is 9.59 Å². The van der Waals surface area contributed by atoms with Crippen LogP contribution in [0.25, 0.3) is 0 Å². The van der Waals surface area contributed by atoms with Crippen LogP contribution in [0.3, 0.4) is 0 Å². The zero-order chi connectivity index (χ0) is 19.2. The molecule has 5 N–H and O–H groups in total. The van der Waals surface area contributed by atoms with E-state index in [1.807, 2.05) is 0 Å². The molecular formula is C15H28CaO9. The summed E-state index contributed by atoms with van der Waals surface area (Å²) >= 11 is 0. The molecule has 0 aliphatic rings. The number of aliphatic hydroxyl groups excluding tert-OH is 3. The molecule has 0 spiro atoms. The first kappa shape index (κ1) is 29.1. The summed E-state index contributed by atoms with van der Waals surface area (Å²) in [6.07, 6.45) is 1.02. The van der Waals surface area contributed by atoms with Crippen molar-refractivity contribution in [1.29, 1.82) is 0 Å². The normalized spacial score (nSPS) is 9.92. The number of hydrogen-bond donors (Lipinski definition) is 5. The fourth-order valence-electron chi connectivity index (χ4n) is 1.18. The van der Waals surface area contributed by atoms with E-state index < -0.39 is 43.1 Å². The summed E-state index contributed by atoms with van der Waals surface area (Å²) in [6.45, 7) is 3.26. The second-order valence-corrected chi connectivity index (χ2v) is 5.33. The molecule has 0 aromatic carbocycles. The maximum atomic E-state index is 11.0. The third-order valence-corrected chi connectivity index (χ3v) is 2.90. The molecule has 25 heavy (non-hydrogen) atoms. The Balaban J connectivity index is -0.000000392. The van der Waals surface area contributed by atoms with Gasteiger partial charge in [-0.2, -0.15) is 0 Å². The predicted octanol–water partition coefficient (Wildman–Crippen LogP) is -1.13. The van der Waals surface area contributed by atoms with Gasteiger partial charge in [0.15, 0.2) is 0 Å². The summed E-state index contributed by atoms with van der Waals surface area (Å²) < 4.78 is 4.72. The fraction of sp³-hybridized carbons (Fsp3) is 0.667. The van der Waals surface area contributed by atoms with E-state index in [4.69, 9.17) is 30.3 Å². The Bertz CT molecular complexity index is 395. The summed E-state index contributed by atoms with van der Waals surface area (Å²) in [6, 6.07) is 0. The number of ether oxygens (including phenoxy) is 1. The molecule has 10 heteroatoms. The summed E-state index contributed by atoms with van der Waals surface area (Å²) in [4.78, 5) is 30.8. The molecule has 0 aliphatic heterocycles. The van der Waals surface area contributed by atoms with Crippen molar-refractivity contribution in [3.63, 3.8) is 0 Å². The quantitative estimate of drug-likeness (QED) is 0.127. The van der Waals surface area contributed by atoms with Crippen LogP contribution in [0.4, 0.5) is 0 Å². The van der Waals surface area contributed by atoms with Gasteiger partial charge in [0.25, 0.3) is 0 Å². The Morgan fingerprint density at radius 3 is 1.52 bits per heavy atom. The Morgan fingerprint density at radius 1 is 0.920 bits per heavy atom. The molecule has 0 amide bonds. The van der Waals surface area contributed by atoms with Gasteiger partial charge in [0.2, 0.25) is 0 Å². The second-order valence-electron chi connectivity index (χ2n) is 5.33. The summed E-state index contributed by atoms with van der Waals surface area (Å²) in [5, 5.41) is 42.9. The van der Waals surface area contributed by atoms with Crippen molar-refractivity contribution in [2.24, 2.45) is 5.41 Å². The van der Waals surface area contributed by atoms with E-state index in [0.717, 1.165) is 0 Å². The van der Waals surface area contributed by atoms with Gasteiger partial charge in [0.1, 0.15) is 6.61 Å². The average molecular weight is 392 g/mol. The van der Waals surface area contributed by atoms with Crippen LogP contribution in [0.5, 0.6) is 0 Å². The van der Waals surface area contributed by atoms with Crippen molar-refractivity contribution >= 4 is 55.6 Å². The number of aliphatic hydroxyl groups is 3. The number of carbonyl (C=O) groups excluding carboxylic acids is 1. The maximum absolute atomic E-state index is 11.0. The minimum atomic E-state index is -1.18. The van der Waals surface area contributed by atoms with Crippen molar-refractivity contribution in [3.8, 4) is 0 Å². The minimum absolute atomic E-state index is 0. The van der Waals surface area contributed by atoms with Gasteiger partial charge < -0.3 is 30.3 Å². The zero-order valence-electron chi connectivity index (χ0n) is 13.7. The first-order valence-electron chi connectivity index (χ1n) is 7.23. The fourth-order valence-corrected chi connectivity index (χ4v) is 1.18. The van der Waals surface area contributed by atoms with Crippen LogP contribution in [-0.2, 0) is 19.1 Å². The van der Waals surface area contributed by atoms with Gasteiger partial charge in [0.05, 0.1) is 25.2 Å². The number of carboxylic acids is 2. The monoisotopic (exact) mass is 392 g/mol. The van der Waals surface area contributed by atoms with E-state index in [2.05, 4.69) is 6.58 Å². The molecule has 0 aliphatic carbocycles. The van der Waals surface area contributed by atoms with Crippen molar-refractivity contribution in [1.82, 2.24) is 0 Å². The standard InChI is InChI=1S/C9H16O5.C6H10O4.Ca.2H/c1-7(2)8(13)14-6-9(3-10,4-11)5-12;7-5(8)3-1-2-4-6(9)10;;;/h10-12H,1,3-6H2,2H3;1-4H2,(H,7,8)(H,9,10);;;. The molecular weight excluding hydrogens is 364 g/mol. The summed E-state index contributed by atoms with van der Waals surface area (Å²) in [7, 11) is 0. The summed E-state index contributed by atoms with van der Waals surface area (Å²) in [5.41, 5.74) is -0.946. The molecule has 144 valence electrons. The number of carbonyl (C=O) groups is 3. The van der Waals surface area contributed by atoms with E-state index in [1.165, 1.54) is 6.92 Å². The van der Waals surface area contributed by atoms with Crippen LogP contribution in [0.1, 0.15) is 32.6 Å². The van der Waals surface area contributed by atoms with E-state index in [1.54, 1.807) is 0 Å². The van der Waals surface area contributed by atoms with Crippen molar-refractivity contribution in [2.75, 3.05) is 26.4 Å². The van der Waals surface area contributed by atoms with Crippen LogP contribution in [0.15, 0.2) is 12.2 Å². The zero-order valence-corrected chi connectivity index (χ0v) is 13.7. The SMILES string of the molecule is C=C(C)C(=O)OCC(CO)(CO)CO.O=C(O)CCCCC(=O)O.[CaH2]. The van der Waals surface area contributed by atoms with Gasteiger partial charge in [-0.15, -0.1) is 0 Å². The molecule has 9 nitrogen and oxygen atoms in total. The predicted molar refractivity (Wildman–Crippen MR) is 91.7 cm³/mol. The van der Waals surface area contributed by atoms with E-state index in [0.29, 0.717) is 12.8 Å². The Labute approximate surface area is 176 Å². The molecule has 0 rings (SSSR count). The average Bonchev–Trinajstić information content (AvgIpc) is 2.53. The van der Waals surface area contributed by atoms with Gasteiger partial charge in [0, 0.05) is 18.4 Å². The van der Waals surface area contributed by atoms with Crippen LogP contribution in [0, 0.1) is 5.41 Å². The second kappa shape index (κ2) is 16.7. The molecule has 0 atom stereocenters. The van der Waals surface area contributed by atoms with E-state index in [9.17, 15) is 14.4 Å². The molecule has 0 bridgehead atoms. The third-order valence-electron chi connectivity index (χ3n) is 2.90. The Kier molecular flexibility index (Phi) is 19.5. The van der Waals surface area contributed by atoms with Crippen LogP contribution in [0.2, 0.25) is 0 Å². The number of esters is 1. The molecule has 0 fully saturated rings. The van der Waals surface area contributed by atoms with Crippen LogP contribution in [-0.4, -0.2) is 108 Å². The molecule has 0 aromatic rings. The first-order chi connectivity index (χ1) is 11.1. The Morgan fingerprint density at radius 2 is 1.28 bits per heavy atom. The topological polar surface area (TPSA) is 162 Å². The van der Waals surface area contributed by atoms with E-state index >= 15 is 0 Å². The molecule has 0 saturated carbocycles. The first-order valence-corrected chi connectivity index (χ1v) is 7.23. The molecule has 0 unspecified atom stereocenters. The van der Waals surface area contributed by atoms with Crippen LogP contribution >= 0.6 is 0 Å². The van der Waals surface area contributed by atoms with Crippen molar-refractivity contribution < 1.29 is 44.7 Å². The number of unbranched alkanes of at least 4 members (excludes halogenated alkanes) is 1. The number of carboxylic acid groups (broad SMARTS) is 2. The van der Waals surface area contributed by atoms with Gasteiger partial charge in [-0.1, -0.05) is 6.58 Å². The molecule has 0 heterocycles. The van der Waals surface area contributed by atoms with Crippen molar-refractivity contribution in [2.45, 2.75) is 32.6 Å². The third kappa shape index (κ3) is 16.5. The number of hydrogen-bond acceptors (Lipinski definition) is 7. The molecule has 0 radical (unpaired) electrons. The molecule has 0 saturated heterocycles. The number of aliphatic carboxylic acids is 2. The molecule has 0 aromatic heterocycles. The van der Waals surface area contributed by atoms with Crippen molar-refractivity contribution in [3.05, 3.63) is 12.2 Å².